The van der Waals surface area contributed by atoms with Crippen LogP contribution in [0.4, 0.5) is 5.82 Å². The van der Waals surface area contributed by atoms with Gasteiger partial charge in [-0.15, -0.1) is 0 Å². The minimum Gasteiger partial charge on any atom is -0.370 e. The topological polar surface area (TPSA) is 37.8 Å². The molecule has 0 fully saturated rings. The van der Waals surface area contributed by atoms with Crippen molar-refractivity contribution in [1.82, 2.24) is 9.97 Å². The van der Waals surface area contributed by atoms with Crippen LogP contribution in [-0.4, -0.2) is 16.5 Å². The van der Waals surface area contributed by atoms with Gasteiger partial charge in [-0.25, -0.2) is 9.97 Å². The monoisotopic (exact) mass is 287 g/mol. The highest BCUT2D eigenvalue weighted by Gasteiger charge is 2.11. The molecule has 1 aromatic carbocycles. The maximum absolute atomic E-state index is 4.47. The molecule has 0 aliphatic rings. The maximum atomic E-state index is 4.47. The van der Waals surface area contributed by atoms with Gasteiger partial charge in [0.1, 0.15) is 17.2 Å². The van der Waals surface area contributed by atoms with Crippen LogP contribution < -0.4 is 5.32 Å². The summed E-state index contributed by atoms with van der Waals surface area (Å²) in [6, 6.07) is 10.4. The predicted octanol–water partition coefficient (Wildman–Crippen LogP) is 4.40. The molecular formula is C16H21N3S. The van der Waals surface area contributed by atoms with Crippen LogP contribution in [0.1, 0.15) is 32.3 Å². The van der Waals surface area contributed by atoms with Gasteiger partial charge in [0, 0.05) is 17.0 Å². The molecule has 0 radical (unpaired) electrons. The van der Waals surface area contributed by atoms with Gasteiger partial charge in [0.2, 0.25) is 0 Å². The van der Waals surface area contributed by atoms with Gasteiger partial charge in [0.05, 0.1) is 0 Å². The van der Waals surface area contributed by atoms with E-state index in [9.17, 15) is 0 Å². The zero-order chi connectivity index (χ0) is 14.2. The van der Waals surface area contributed by atoms with Gasteiger partial charge < -0.3 is 5.32 Å². The summed E-state index contributed by atoms with van der Waals surface area (Å²) >= 11 is 1.71. The second kappa shape index (κ2) is 7.90. The van der Waals surface area contributed by atoms with Gasteiger partial charge >= 0.3 is 0 Å². The quantitative estimate of drug-likeness (QED) is 0.766. The zero-order valence-corrected chi connectivity index (χ0v) is 12.9. The standard InChI is InChI=1S/C16H21N3S/c1-3-8-14-15(17-11-4-2)18-12-19-16(14)20-13-9-6-5-7-10-13/h5-7,9-10,12H,3-4,8,11H2,1-2H3,(H,17,18,19). The molecule has 0 saturated carbocycles. The third-order valence-corrected chi connectivity index (χ3v) is 3.96. The first-order valence-electron chi connectivity index (χ1n) is 7.15. The van der Waals surface area contributed by atoms with E-state index in [0.29, 0.717) is 0 Å². The molecule has 0 amide bonds. The zero-order valence-electron chi connectivity index (χ0n) is 12.1. The molecular weight excluding hydrogens is 266 g/mol. The van der Waals surface area contributed by atoms with Gasteiger partial charge in [-0.1, -0.05) is 50.2 Å². The number of rotatable bonds is 7. The molecule has 1 heterocycles. The van der Waals surface area contributed by atoms with E-state index in [4.69, 9.17) is 0 Å². The van der Waals surface area contributed by atoms with E-state index in [-0.39, 0.29) is 0 Å². The summed E-state index contributed by atoms with van der Waals surface area (Å²) in [5.74, 6) is 0.988. The van der Waals surface area contributed by atoms with Crippen LogP contribution in [0.15, 0.2) is 46.6 Å². The van der Waals surface area contributed by atoms with Crippen molar-refractivity contribution in [3.8, 4) is 0 Å². The Morgan fingerprint density at radius 3 is 2.55 bits per heavy atom. The lowest BCUT2D eigenvalue weighted by Gasteiger charge is -2.13. The smallest absolute Gasteiger partial charge is 0.133 e. The van der Waals surface area contributed by atoms with Crippen molar-refractivity contribution in [1.29, 1.82) is 0 Å². The highest BCUT2D eigenvalue weighted by molar-refractivity contribution is 7.99. The molecule has 0 aliphatic heterocycles. The normalized spacial score (nSPS) is 10.5. The average molecular weight is 287 g/mol. The molecule has 2 aromatic rings. The van der Waals surface area contributed by atoms with Crippen molar-refractivity contribution < 1.29 is 0 Å². The van der Waals surface area contributed by atoms with Crippen molar-refractivity contribution in [3.63, 3.8) is 0 Å². The molecule has 1 aromatic heterocycles. The average Bonchev–Trinajstić information content (AvgIpc) is 2.49. The number of hydrogen-bond donors (Lipinski definition) is 1. The first-order valence-corrected chi connectivity index (χ1v) is 7.97. The molecule has 4 heteroatoms. The predicted molar refractivity (Wildman–Crippen MR) is 85.4 cm³/mol. The lowest BCUT2D eigenvalue weighted by Crippen LogP contribution is -2.07. The summed E-state index contributed by atoms with van der Waals surface area (Å²) in [6.45, 7) is 5.30. The summed E-state index contributed by atoms with van der Waals surface area (Å²) in [6.07, 6.45) is 4.84. The minimum absolute atomic E-state index is 0.948. The molecule has 0 bridgehead atoms. The molecule has 0 saturated heterocycles. The Labute approximate surface area is 125 Å². The second-order valence-electron chi connectivity index (χ2n) is 4.60. The lowest BCUT2D eigenvalue weighted by atomic mass is 10.2. The summed E-state index contributed by atoms with van der Waals surface area (Å²) in [7, 11) is 0. The molecule has 0 atom stereocenters. The van der Waals surface area contributed by atoms with Crippen LogP contribution in [0.25, 0.3) is 0 Å². The summed E-state index contributed by atoms with van der Waals surface area (Å²) < 4.78 is 0. The van der Waals surface area contributed by atoms with Crippen molar-refractivity contribution >= 4 is 17.6 Å². The van der Waals surface area contributed by atoms with Crippen molar-refractivity contribution in [2.75, 3.05) is 11.9 Å². The van der Waals surface area contributed by atoms with Crippen LogP contribution in [-0.2, 0) is 6.42 Å². The lowest BCUT2D eigenvalue weighted by molar-refractivity contribution is 0.849. The van der Waals surface area contributed by atoms with E-state index in [0.717, 1.165) is 36.7 Å². The molecule has 20 heavy (non-hydrogen) atoms. The Balaban J connectivity index is 2.26. The van der Waals surface area contributed by atoms with Crippen molar-refractivity contribution in [3.05, 3.63) is 42.2 Å². The van der Waals surface area contributed by atoms with E-state index >= 15 is 0 Å². The Hall–Kier alpha value is -1.55. The SMILES string of the molecule is CCCNc1ncnc(Sc2ccccc2)c1CCC. The molecule has 0 spiro atoms. The van der Waals surface area contributed by atoms with E-state index in [1.54, 1.807) is 18.1 Å². The highest BCUT2D eigenvalue weighted by atomic mass is 32.2. The second-order valence-corrected chi connectivity index (χ2v) is 5.66. The Bertz CT molecular complexity index is 529. The summed E-state index contributed by atoms with van der Waals surface area (Å²) in [5, 5.41) is 4.47. The fraction of sp³-hybridized carbons (Fsp3) is 0.375. The van der Waals surface area contributed by atoms with Crippen molar-refractivity contribution in [2.24, 2.45) is 0 Å². The van der Waals surface area contributed by atoms with Gasteiger partial charge in [-0.05, 0) is 25.0 Å². The maximum Gasteiger partial charge on any atom is 0.133 e. The molecule has 0 aliphatic carbocycles. The number of nitrogens with zero attached hydrogens (tertiary/aromatic N) is 2. The van der Waals surface area contributed by atoms with Crippen LogP contribution in [0.3, 0.4) is 0 Å². The number of aromatic nitrogens is 2. The van der Waals surface area contributed by atoms with Gasteiger partial charge in [-0.3, -0.25) is 0 Å². The van der Waals surface area contributed by atoms with E-state index in [2.05, 4.69) is 53.4 Å². The first kappa shape index (κ1) is 14.9. The van der Waals surface area contributed by atoms with Crippen LogP contribution in [0.2, 0.25) is 0 Å². The van der Waals surface area contributed by atoms with Crippen molar-refractivity contribution in [2.45, 2.75) is 43.0 Å². The van der Waals surface area contributed by atoms with Crippen LogP contribution in [0.5, 0.6) is 0 Å². The Morgan fingerprint density at radius 2 is 1.85 bits per heavy atom. The van der Waals surface area contributed by atoms with Gasteiger partial charge in [0.25, 0.3) is 0 Å². The number of hydrogen-bond acceptors (Lipinski definition) is 4. The largest absolute Gasteiger partial charge is 0.370 e. The Kier molecular flexibility index (Phi) is 5.87. The third-order valence-electron chi connectivity index (χ3n) is 2.91. The fourth-order valence-corrected chi connectivity index (χ4v) is 2.89. The highest BCUT2D eigenvalue weighted by Crippen LogP contribution is 2.31. The van der Waals surface area contributed by atoms with Gasteiger partial charge in [-0.2, -0.15) is 0 Å². The summed E-state index contributed by atoms with van der Waals surface area (Å²) in [5.41, 5.74) is 1.23. The molecule has 1 N–H and O–H groups in total. The summed E-state index contributed by atoms with van der Waals surface area (Å²) in [4.78, 5) is 10.1. The molecule has 3 nitrogen and oxygen atoms in total. The Morgan fingerprint density at radius 1 is 1.05 bits per heavy atom. The van der Waals surface area contributed by atoms with Crippen LogP contribution >= 0.6 is 11.8 Å². The fourth-order valence-electron chi connectivity index (χ4n) is 1.96. The molecule has 0 unspecified atom stereocenters. The first-order chi connectivity index (χ1) is 9.85. The number of nitrogens with one attached hydrogen (secondary N) is 1. The van der Waals surface area contributed by atoms with Gasteiger partial charge in [0.15, 0.2) is 0 Å². The van der Waals surface area contributed by atoms with E-state index in [1.807, 2.05) is 6.07 Å². The minimum atomic E-state index is 0.948. The van der Waals surface area contributed by atoms with Crippen LogP contribution in [0, 0.1) is 0 Å². The number of anilines is 1. The number of benzene rings is 1. The van der Waals surface area contributed by atoms with E-state index < -0.39 is 0 Å². The molecule has 2 rings (SSSR count). The third kappa shape index (κ3) is 3.97. The van der Waals surface area contributed by atoms with E-state index in [1.165, 1.54) is 10.5 Å². The molecule has 106 valence electrons.